The van der Waals surface area contributed by atoms with Gasteiger partial charge in [0.05, 0.1) is 18.6 Å². The van der Waals surface area contributed by atoms with Crippen LogP contribution in [0.25, 0.3) is 0 Å². The fraction of sp³-hybridized carbons (Fsp3) is 0.636. The van der Waals surface area contributed by atoms with Crippen molar-refractivity contribution < 1.29 is 19.1 Å². The summed E-state index contributed by atoms with van der Waals surface area (Å²) in [7, 11) is 3.98. The summed E-state index contributed by atoms with van der Waals surface area (Å²) in [5.74, 6) is -0.0316. The fourth-order valence-electron chi connectivity index (χ4n) is 4.71. The van der Waals surface area contributed by atoms with Crippen molar-refractivity contribution >= 4 is 17.6 Å². The lowest BCUT2D eigenvalue weighted by Gasteiger charge is -2.36. The predicted molar refractivity (Wildman–Crippen MR) is 110 cm³/mol. The largest absolute Gasteiger partial charge is 0.461 e. The standard InChI is InChI=1S/C22H31N3O4/c1-23(2)16-19-15-22(21(27)29-19)7-9-25(10-8-22)20(26)17-3-5-18(6-4-17)24-11-13-28-14-12-24/h3-6,19H,7-16H2,1-2H3. The first kappa shape index (κ1) is 20.2. The Bertz CT molecular complexity index is 735. The summed E-state index contributed by atoms with van der Waals surface area (Å²) in [4.78, 5) is 31.7. The zero-order valence-electron chi connectivity index (χ0n) is 17.4. The van der Waals surface area contributed by atoms with E-state index in [4.69, 9.17) is 9.47 Å². The van der Waals surface area contributed by atoms with Gasteiger partial charge in [0, 0.05) is 50.4 Å². The van der Waals surface area contributed by atoms with Gasteiger partial charge in [-0.1, -0.05) is 0 Å². The molecule has 0 radical (unpaired) electrons. The number of piperidine rings is 1. The van der Waals surface area contributed by atoms with Crippen LogP contribution in [-0.2, 0) is 14.3 Å². The number of hydrogen-bond donors (Lipinski definition) is 0. The van der Waals surface area contributed by atoms with Gasteiger partial charge < -0.3 is 24.2 Å². The highest BCUT2D eigenvalue weighted by Gasteiger charge is 2.50. The van der Waals surface area contributed by atoms with Crippen molar-refractivity contribution in [3.8, 4) is 0 Å². The molecule has 1 amide bonds. The van der Waals surface area contributed by atoms with Gasteiger partial charge in [-0.15, -0.1) is 0 Å². The number of nitrogens with zero attached hydrogens (tertiary/aromatic N) is 3. The SMILES string of the molecule is CN(C)CC1CC2(CCN(C(=O)c3ccc(N4CCOCC4)cc3)CC2)C(=O)O1. The van der Waals surface area contributed by atoms with Crippen LogP contribution in [0, 0.1) is 5.41 Å². The van der Waals surface area contributed by atoms with E-state index in [9.17, 15) is 9.59 Å². The number of ether oxygens (including phenoxy) is 2. The number of likely N-dealkylation sites (tertiary alicyclic amines) is 1. The Balaban J connectivity index is 1.35. The number of esters is 1. The van der Waals surface area contributed by atoms with Crippen molar-refractivity contribution in [1.82, 2.24) is 9.80 Å². The number of anilines is 1. The average molecular weight is 402 g/mol. The van der Waals surface area contributed by atoms with Gasteiger partial charge in [-0.2, -0.15) is 0 Å². The van der Waals surface area contributed by atoms with Crippen molar-refractivity contribution in [3.63, 3.8) is 0 Å². The van der Waals surface area contributed by atoms with Crippen LogP contribution in [0.3, 0.4) is 0 Å². The molecular weight excluding hydrogens is 370 g/mol. The normalized spacial score (nSPS) is 24.2. The molecule has 4 rings (SSSR count). The summed E-state index contributed by atoms with van der Waals surface area (Å²) >= 11 is 0. The first-order valence-electron chi connectivity index (χ1n) is 10.5. The van der Waals surface area contributed by atoms with E-state index in [-0.39, 0.29) is 18.0 Å². The molecule has 1 aromatic rings. The monoisotopic (exact) mass is 401 g/mol. The second-order valence-corrected chi connectivity index (χ2v) is 8.71. The Morgan fingerprint density at radius 1 is 1.10 bits per heavy atom. The Hall–Kier alpha value is -2.12. The molecule has 1 aromatic carbocycles. The van der Waals surface area contributed by atoms with E-state index in [1.54, 1.807) is 0 Å². The van der Waals surface area contributed by atoms with Crippen LogP contribution in [0.15, 0.2) is 24.3 Å². The maximum Gasteiger partial charge on any atom is 0.312 e. The van der Waals surface area contributed by atoms with Gasteiger partial charge in [-0.3, -0.25) is 9.59 Å². The Morgan fingerprint density at radius 3 is 2.38 bits per heavy atom. The summed E-state index contributed by atoms with van der Waals surface area (Å²) in [6.07, 6.45) is 2.11. The summed E-state index contributed by atoms with van der Waals surface area (Å²) < 4.78 is 11.0. The summed E-state index contributed by atoms with van der Waals surface area (Å²) in [6.45, 7) is 5.22. The molecule has 1 atom stereocenters. The number of morpholine rings is 1. The van der Waals surface area contributed by atoms with E-state index >= 15 is 0 Å². The molecule has 3 fully saturated rings. The summed E-state index contributed by atoms with van der Waals surface area (Å²) in [5.41, 5.74) is 1.43. The van der Waals surface area contributed by atoms with E-state index in [1.807, 2.05) is 43.3 Å². The van der Waals surface area contributed by atoms with E-state index in [1.165, 1.54) is 0 Å². The van der Waals surface area contributed by atoms with Gasteiger partial charge in [-0.25, -0.2) is 0 Å². The lowest BCUT2D eigenvalue weighted by Crippen LogP contribution is -2.45. The van der Waals surface area contributed by atoms with E-state index in [2.05, 4.69) is 9.80 Å². The molecule has 0 bridgehead atoms. The predicted octanol–water partition coefficient (Wildman–Crippen LogP) is 1.62. The number of hydrogen-bond acceptors (Lipinski definition) is 6. The highest BCUT2D eigenvalue weighted by atomic mass is 16.6. The van der Waals surface area contributed by atoms with Gasteiger partial charge in [0.2, 0.25) is 0 Å². The number of carbonyl (C=O) groups is 2. The van der Waals surface area contributed by atoms with E-state index in [0.717, 1.165) is 45.0 Å². The molecule has 0 aliphatic carbocycles. The molecule has 3 heterocycles. The highest BCUT2D eigenvalue weighted by molar-refractivity contribution is 5.95. The lowest BCUT2D eigenvalue weighted by atomic mass is 9.76. The van der Waals surface area contributed by atoms with E-state index in [0.29, 0.717) is 31.5 Å². The third-order valence-electron chi connectivity index (χ3n) is 6.39. The second kappa shape index (κ2) is 8.32. The van der Waals surface area contributed by atoms with Crippen molar-refractivity contribution in [2.75, 3.05) is 64.9 Å². The van der Waals surface area contributed by atoms with Gasteiger partial charge in [0.1, 0.15) is 6.10 Å². The van der Waals surface area contributed by atoms with Gasteiger partial charge in [0.15, 0.2) is 0 Å². The number of likely N-dealkylation sites (N-methyl/N-ethyl adjacent to an activating group) is 1. The Morgan fingerprint density at radius 2 is 1.76 bits per heavy atom. The molecule has 3 saturated heterocycles. The van der Waals surface area contributed by atoms with Crippen LogP contribution < -0.4 is 4.90 Å². The minimum Gasteiger partial charge on any atom is -0.461 e. The summed E-state index contributed by atoms with van der Waals surface area (Å²) in [6, 6.07) is 7.86. The van der Waals surface area contributed by atoms with Crippen LogP contribution in [0.1, 0.15) is 29.6 Å². The molecule has 29 heavy (non-hydrogen) atoms. The lowest BCUT2D eigenvalue weighted by molar-refractivity contribution is -0.150. The third-order valence-corrected chi connectivity index (χ3v) is 6.39. The van der Waals surface area contributed by atoms with Gasteiger partial charge >= 0.3 is 5.97 Å². The molecular formula is C22H31N3O4. The minimum atomic E-state index is -0.405. The quantitative estimate of drug-likeness (QED) is 0.715. The maximum atomic E-state index is 13.0. The van der Waals surface area contributed by atoms with Crippen molar-refractivity contribution in [2.24, 2.45) is 5.41 Å². The molecule has 1 unspecified atom stereocenters. The van der Waals surface area contributed by atoms with Crippen LogP contribution >= 0.6 is 0 Å². The smallest absolute Gasteiger partial charge is 0.312 e. The van der Waals surface area contributed by atoms with Crippen molar-refractivity contribution in [1.29, 1.82) is 0 Å². The highest BCUT2D eigenvalue weighted by Crippen LogP contribution is 2.43. The average Bonchev–Trinajstić information content (AvgIpc) is 3.02. The van der Waals surface area contributed by atoms with Crippen LogP contribution in [0.5, 0.6) is 0 Å². The molecule has 1 spiro atoms. The van der Waals surface area contributed by atoms with Crippen molar-refractivity contribution in [2.45, 2.75) is 25.4 Å². The van der Waals surface area contributed by atoms with Gasteiger partial charge in [0.25, 0.3) is 5.91 Å². The Labute approximate surface area is 172 Å². The number of cyclic esters (lactones) is 1. The number of benzene rings is 1. The first-order chi connectivity index (χ1) is 14.0. The number of rotatable bonds is 4. The summed E-state index contributed by atoms with van der Waals surface area (Å²) in [5, 5.41) is 0. The van der Waals surface area contributed by atoms with Crippen LogP contribution in [0.4, 0.5) is 5.69 Å². The second-order valence-electron chi connectivity index (χ2n) is 8.71. The molecule has 0 saturated carbocycles. The van der Waals surface area contributed by atoms with Crippen LogP contribution in [0.2, 0.25) is 0 Å². The zero-order valence-corrected chi connectivity index (χ0v) is 17.4. The van der Waals surface area contributed by atoms with Gasteiger partial charge in [-0.05, 0) is 51.2 Å². The zero-order chi connectivity index (χ0) is 20.4. The Kier molecular flexibility index (Phi) is 5.79. The number of carbonyl (C=O) groups excluding carboxylic acids is 2. The molecule has 7 nitrogen and oxygen atoms in total. The van der Waals surface area contributed by atoms with Crippen molar-refractivity contribution in [3.05, 3.63) is 29.8 Å². The first-order valence-corrected chi connectivity index (χ1v) is 10.5. The molecule has 3 aliphatic rings. The molecule has 0 N–H and O–H groups in total. The van der Waals surface area contributed by atoms with Crippen LogP contribution in [-0.4, -0.2) is 87.8 Å². The number of amides is 1. The van der Waals surface area contributed by atoms with E-state index < -0.39 is 5.41 Å². The molecule has 0 aromatic heterocycles. The minimum absolute atomic E-state index is 0.0347. The molecule has 7 heteroatoms. The fourth-order valence-corrected chi connectivity index (χ4v) is 4.71. The topological polar surface area (TPSA) is 62.3 Å². The maximum absolute atomic E-state index is 13.0. The molecule has 158 valence electrons. The third kappa shape index (κ3) is 4.26. The molecule has 3 aliphatic heterocycles.